The zero-order valence-electron chi connectivity index (χ0n) is 10.0. The van der Waals surface area contributed by atoms with Crippen molar-refractivity contribution in [3.63, 3.8) is 0 Å². The first-order chi connectivity index (χ1) is 7.67. The van der Waals surface area contributed by atoms with Crippen LogP contribution in [-0.4, -0.2) is 6.61 Å². The maximum Gasteiger partial charge on any atom is 0.124 e. The Morgan fingerprint density at radius 3 is 2.81 bits per heavy atom. The van der Waals surface area contributed by atoms with Crippen LogP contribution in [0.4, 0.5) is 0 Å². The second-order valence-corrected chi connectivity index (χ2v) is 5.08. The van der Waals surface area contributed by atoms with Crippen LogP contribution in [-0.2, 0) is 6.54 Å². The molecule has 2 nitrogen and oxygen atoms in total. The van der Waals surface area contributed by atoms with Gasteiger partial charge in [-0.3, -0.25) is 0 Å². The van der Waals surface area contributed by atoms with Gasteiger partial charge in [0.25, 0.3) is 0 Å². The van der Waals surface area contributed by atoms with Gasteiger partial charge in [0, 0.05) is 16.6 Å². The highest BCUT2D eigenvalue weighted by Gasteiger charge is 2.06. The molecule has 0 radical (unpaired) electrons. The quantitative estimate of drug-likeness (QED) is 0.865. The first-order valence-electron chi connectivity index (χ1n) is 5.78. The summed E-state index contributed by atoms with van der Waals surface area (Å²) in [7, 11) is 0. The largest absolute Gasteiger partial charge is 0.493 e. The fourth-order valence-electron chi connectivity index (χ4n) is 1.64. The predicted octanol–water partition coefficient (Wildman–Crippen LogP) is 3.72. The minimum absolute atomic E-state index is 0.519. The molecule has 0 bridgehead atoms. The van der Waals surface area contributed by atoms with Crippen LogP contribution in [0.5, 0.6) is 5.75 Å². The van der Waals surface area contributed by atoms with Gasteiger partial charge in [-0.2, -0.15) is 0 Å². The van der Waals surface area contributed by atoms with Gasteiger partial charge in [-0.25, -0.2) is 0 Å². The molecule has 1 aromatic carbocycles. The van der Waals surface area contributed by atoms with Crippen molar-refractivity contribution in [2.45, 2.75) is 33.2 Å². The zero-order valence-corrected chi connectivity index (χ0v) is 11.6. The lowest BCUT2D eigenvalue weighted by Crippen LogP contribution is -2.10. The van der Waals surface area contributed by atoms with Gasteiger partial charge >= 0.3 is 0 Å². The highest BCUT2D eigenvalue weighted by Crippen LogP contribution is 2.24. The minimum Gasteiger partial charge on any atom is -0.493 e. The summed E-state index contributed by atoms with van der Waals surface area (Å²) in [6.07, 6.45) is 2.40. The van der Waals surface area contributed by atoms with Crippen LogP contribution in [0.3, 0.4) is 0 Å². The standard InChI is InChI=1S/C13H20BrNO/c1-3-4-10(2)9-16-13-7-12(14)6-5-11(13)8-15/h5-7,10H,3-4,8-9,15H2,1-2H3. The molecular formula is C13H20BrNO. The molecule has 0 aliphatic rings. The van der Waals surface area contributed by atoms with Crippen molar-refractivity contribution < 1.29 is 4.74 Å². The SMILES string of the molecule is CCCC(C)COc1cc(Br)ccc1CN. The van der Waals surface area contributed by atoms with Crippen molar-refractivity contribution in [1.82, 2.24) is 0 Å². The lowest BCUT2D eigenvalue weighted by atomic mass is 10.1. The summed E-state index contributed by atoms with van der Waals surface area (Å²) in [4.78, 5) is 0. The third-order valence-corrected chi connectivity index (χ3v) is 3.05. The van der Waals surface area contributed by atoms with E-state index in [4.69, 9.17) is 10.5 Å². The Balaban J connectivity index is 2.61. The lowest BCUT2D eigenvalue weighted by Gasteiger charge is -2.14. The van der Waals surface area contributed by atoms with Gasteiger partial charge in [-0.15, -0.1) is 0 Å². The number of benzene rings is 1. The summed E-state index contributed by atoms with van der Waals surface area (Å²) in [6, 6.07) is 5.98. The van der Waals surface area contributed by atoms with Crippen LogP contribution in [0, 0.1) is 5.92 Å². The Bertz CT molecular complexity index is 328. The Labute approximate surface area is 106 Å². The highest BCUT2D eigenvalue weighted by atomic mass is 79.9. The molecule has 0 aliphatic carbocycles. The second kappa shape index (κ2) is 6.92. The Hall–Kier alpha value is -0.540. The number of rotatable bonds is 6. The summed E-state index contributed by atoms with van der Waals surface area (Å²) in [5.74, 6) is 1.49. The summed E-state index contributed by atoms with van der Waals surface area (Å²) in [5.41, 5.74) is 6.73. The third kappa shape index (κ3) is 4.14. The first kappa shape index (κ1) is 13.5. The topological polar surface area (TPSA) is 35.2 Å². The van der Waals surface area contributed by atoms with Gasteiger partial charge in [-0.05, 0) is 24.5 Å². The van der Waals surface area contributed by atoms with E-state index in [1.165, 1.54) is 12.8 Å². The first-order valence-corrected chi connectivity index (χ1v) is 6.58. The van der Waals surface area contributed by atoms with Crippen molar-refractivity contribution in [2.24, 2.45) is 11.7 Å². The van der Waals surface area contributed by atoms with Gasteiger partial charge in [0.1, 0.15) is 5.75 Å². The minimum atomic E-state index is 0.519. The number of nitrogens with two attached hydrogens (primary N) is 1. The normalized spacial score (nSPS) is 12.5. The van der Waals surface area contributed by atoms with Crippen LogP contribution in [0.2, 0.25) is 0 Å². The number of hydrogen-bond donors (Lipinski definition) is 1. The summed E-state index contributed by atoms with van der Waals surface area (Å²) >= 11 is 3.44. The monoisotopic (exact) mass is 285 g/mol. The van der Waals surface area contributed by atoms with Crippen LogP contribution in [0.15, 0.2) is 22.7 Å². The van der Waals surface area contributed by atoms with E-state index >= 15 is 0 Å². The molecule has 0 aliphatic heterocycles. The average molecular weight is 286 g/mol. The smallest absolute Gasteiger partial charge is 0.124 e. The molecule has 90 valence electrons. The Morgan fingerprint density at radius 1 is 1.44 bits per heavy atom. The third-order valence-electron chi connectivity index (χ3n) is 2.55. The molecule has 0 amide bonds. The molecule has 0 saturated heterocycles. The van der Waals surface area contributed by atoms with Gasteiger partial charge in [0.05, 0.1) is 6.61 Å². The van der Waals surface area contributed by atoms with E-state index in [0.717, 1.165) is 22.4 Å². The maximum atomic E-state index is 5.81. The van der Waals surface area contributed by atoms with E-state index in [-0.39, 0.29) is 0 Å². The van der Waals surface area contributed by atoms with E-state index in [9.17, 15) is 0 Å². The molecule has 0 aromatic heterocycles. The van der Waals surface area contributed by atoms with Crippen molar-refractivity contribution in [3.05, 3.63) is 28.2 Å². The van der Waals surface area contributed by atoms with Crippen LogP contribution in [0.1, 0.15) is 32.3 Å². The molecule has 16 heavy (non-hydrogen) atoms. The molecule has 0 spiro atoms. The second-order valence-electron chi connectivity index (χ2n) is 4.16. The molecule has 1 aromatic rings. The summed E-state index contributed by atoms with van der Waals surface area (Å²) in [5, 5.41) is 0. The molecule has 0 saturated carbocycles. The molecule has 2 N–H and O–H groups in total. The zero-order chi connectivity index (χ0) is 12.0. The number of halogens is 1. The van der Waals surface area contributed by atoms with Crippen molar-refractivity contribution in [3.8, 4) is 5.75 Å². The molecule has 1 atom stereocenters. The van der Waals surface area contributed by atoms with Gasteiger partial charge in [0.2, 0.25) is 0 Å². The molecule has 1 unspecified atom stereocenters. The van der Waals surface area contributed by atoms with Crippen molar-refractivity contribution in [1.29, 1.82) is 0 Å². The summed E-state index contributed by atoms with van der Waals surface area (Å²) < 4.78 is 6.84. The Morgan fingerprint density at radius 2 is 2.19 bits per heavy atom. The molecule has 1 rings (SSSR count). The van der Waals surface area contributed by atoms with E-state index in [2.05, 4.69) is 29.8 Å². The molecule has 3 heteroatoms. The van der Waals surface area contributed by atoms with Gasteiger partial charge < -0.3 is 10.5 Å². The van der Waals surface area contributed by atoms with Gasteiger partial charge in [0.15, 0.2) is 0 Å². The fourth-order valence-corrected chi connectivity index (χ4v) is 1.98. The van der Waals surface area contributed by atoms with E-state index in [1.807, 2.05) is 18.2 Å². The van der Waals surface area contributed by atoms with E-state index < -0.39 is 0 Å². The highest BCUT2D eigenvalue weighted by molar-refractivity contribution is 9.10. The maximum absolute atomic E-state index is 5.81. The predicted molar refractivity (Wildman–Crippen MR) is 71.6 cm³/mol. The Kier molecular flexibility index (Phi) is 5.85. The van der Waals surface area contributed by atoms with Crippen LogP contribution < -0.4 is 10.5 Å². The average Bonchev–Trinajstić information content (AvgIpc) is 2.27. The fraction of sp³-hybridized carbons (Fsp3) is 0.538. The summed E-state index contributed by atoms with van der Waals surface area (Å²) in [6.45, 7) is 5.69. The van der Waals surface area contributed by atoms with Crippen LogP contribution in [0.25, 0.3) is 0 Å². The molecule has 0 heterocycles. The van der Waals surface area contributed by atoms with E-state index in [1.54, 1.807) is 0 Å². The lowest BCUT2D eigenvalue weighted by molar-refractivity contribution is 0.249. The van der Waals surface area contributed by atoms with Crippen LogP contribution >= 0.6 is 15.9 Å². The molecular weight excluding hydrogens is 266 g/mol. The molecule has 0 fully saturated rings. The van der Waals surface area contributed by atoms with Crippen molar-refractivity contribution in [2.75, 3.05) is 6.61 Å². The number of ether oxygens (including phenoxy) is 1. The van der Waals surface area contributed by atoms with Crippen molar-refractivity contribution >= 4 is 15.9 Å². The number of hydrogen-bond acceptors (Lipinski definition) is 2. The van der Waals surface area contributed by atoms with Gasteiger partial charge in [-0.1, -0.05) is 42.3 Å². The van der Waals surface area contributed by atoms with E-state index in [0.29, 0.717) is 12.5 Å².